The van der Waals surface area contributed by atoms with Crippen LogP contribution in [0.5, 0.6) is 5.75 Å². The van der Waals surface area contributed by atoms with Crippen molar-refractivity contribution < 1.29 is 9.53 Å². The fraction of sp³-hybridized carbons (Fsp3) is 0.150. The van der Waals surface area contributed by atoms with E-state index in [9.17, 15) is 4.79 Å². The minimum absolute atomic E-state index is 0.234. The standard InChI is InChI=1S/C20H18N6O2S/c1-12-8-10-14(11-9-12)19(27)22-20-21-18(24-29-20)17-13(2)26(25-23-17)15-6-4-5-7-16(15)28-3/h4-11H,1-3H3,(H,21,22,24,27). The van der Waals surface area contributed by atoms with Crippen LogP contribution in [0.4, 0.5) is 5.13 Å². The Bertz CT molecular complexity index is 1170. The first-order valence-electron chi connectivity index (χ1n) is 8.84. The molecule has 0 atom stereocenters. The fourth-order valence-electron chi connectivity index (χ4n) is 2.81. The number of aryl methyl sites for hydroxylation is 1. The third-order valence-corrected chi connectivity index (χ3v) is 5.01. The lowest BCUT2D eigenvalue weighted by molar-refractivity contribution is 0.102. The molecule has 4 aromatic rings. The van der Waals surface area contributed by atoms with Crippen LogP contribution in [-0.2, 0) is 0 Å². The van der Waals surface area contributed by atoms with E-state index in [-0.39, 0.29) is 5.91 Å². The molecule has 0 aliphatic heterocycles. The van der Waals surface area contributed by atoms with Gasteiger partial charge in [0.15, 0.2) is 11.5 Å². The molecule has 29 heavy (non-hydrogen) atoms. The highest BCUT2D eigenvalue weighted by Gasteiger charge is 2.19. The summed E-state index contributed by atoms with van der Waals surface area (Å²) in [6.45, 7) is 3.85. The molecule has 0 saturated heterocycles. The number of ether oxygens (including phenoxy) is 1. The Morgan fingerprint density at radius 2 is 1.86 bits per heavy atom. The number of methoxy groups -OCH3 is 1. The Kier molecular flexibility index (Phi) is 5.05. The third-order valence-electron chi connectivity index (χ3n) is 4.38. The smallest absolute Gasteiger partial charge is 0.257 e. The van der Waals surface area contributed by atoms with Gasteiger partial charge in [-0.2, -0.15) is 9.36 Å². The van der Waals surface area contributed by atoms with Gasteiger partial charge in [-0.25, -0.2) is 4.68 Å². The first-order chi connectivity index (χ1) is 14.1. The number of nitrogens with zero attached hydrogens (tertiary/aromatic N) is 5. The molecular weight excluding hydrogens is 388 g/mol. The Balaban J connectivity index is 1.58. The topological polar surface area (TPSA) is 94.8 Å². The van der Waals surface area contributed by atoms with Crippen LogP contribution in [0, 0.1) is 13.8 Å². The summed E-state index contributed by atoms with van der Waals surface area (Å²) in [4.78, 5) is 16.8. The van der Waals surface area contributed by atoms with E-state index < -0.39 is 0 Å². The lowest BCUT2D eigenvalue weighted by Gasteiger charge is -2.08. The highest BCUT2D eigenvalue weighted by atomic mass is 32.1. The van der Waals surface area contributed by atoms with Crippen LogP contribution in [0.1, 0.15) is 21.6 Å². The minimum atomic E-state index is -0.234. The molecule has 146 valence electrons. The van der Waals surface area contributed by atoms with Crippen LogP contribution in [0.3, 0.4) is 0 Å². The van der Waals surface area contributed by atoms with Crippen molar-refractivity contribution in [2.75, 3.05) is 12.4 Å². The van der Waals surface area contributed by atoms with Crippen molar-refractivity contribution in [2.24, 2.45) is 0 Å². The van der Waals surface area contributed by atoms with Crippen molar-refractivity contribution in [3.8, 4) is 23.0 Å². The van der Waals surface area contributed by atoms with Gasteiger partial charge in [0.2, 0.25) is 5.13 Å². The zero-order chi connectivity index (χ0) is 20.4. The van der Waals surface area contributed by atoms with Gasteiger partial charge in [0, 0.05) is 17.1 Å². The average molecular weight is 406 g/mol. The Morgan fingerprint density at radius 1 is 1.10 bits per heavy atom. The molecule has 0 spiro atoms. The molecule has 4 rings (SSSR count). The summed E-state index contributed by atoms with van der Waals surface area (Å²) >= 11 is 1.10. The van der Waals surface area contributed by atoms with Crippen molar-refractivity contribution in [3.05, 3.63) is 65.4 Å². The van der Waals surface area contributed by atoms with Gasteiger partial charge in [-0.15, -0.1) is 5.10 Å². The summed E-state index contributed by atoms with van der Waals surface area (Å²) < 4.78 is 11.4. The molecule has 1 N–H and O–H groups in total. The summed E-state index contributed by atoms with van der Waals surface area (Å²) in [5.41, 5.74) is 3.74. The maximum Gasteiger partial charge on any atom is 0.257 e. The number of carbonyl (C=O) groups is 1. The molecule has 0 aliphatic rings. The van der Waals surface area contributed by atoms with Crippen molar-refractivity contribution in [1.82, 2.24) is 24.4 Å². The number of hydrogen-bond donors (Lipinski definition) is 1. The van der Waals surface area contributed by atoms with Crippen LogP contribution in [0.25, 0.3) is 17.2 Å². The number of rotatable bonds is 5. The van der Waals surface area contributed by atoms with Gasteiger partial charge in [0.05, 0.1) is 12.8 Å². The fourth-order valence-corrected chi connectivity index (χ4v) is 3.38. The second-order valence-electron chi connectivity index (χ2n) is 6.35. The molecule has 9 heteroatoms. The van der Waals surface area contributed by atoms with Crippen LogP contribution in [0.2, 0.25) is 0 Å². The molecule has 2 heterocycles. The molecule has 0 unspecified atom stereocenters. The molecular formula is C20H18N6O2S. The van der Waals surface area contributed by atoms with E-state index >= 15 is 0 Å². The van der Waals surface area contributed by atoms with Crippen LogP contribution < -0.4 is 10.1 Å². The van der Waals surface area contributed by atoms with E-state index in [1.54, 1.807) is 23.9 Å². The van der Waals surface area contributed by atoms with Crippen LogP contribution in [-0.4, -0.2) is 37.4 Å². The van der Waals surface area contributed by atoms with Gasteiger partial charge in [-0.1, -0.05) is 35.0 Å². The number of anilines is 1. The predicted molar refractivity (Wildman–Crippen MR) is 111 cm³/mol. The van der Waals surface area contributed by atoms with Crippen molar-refractivity contribution in [1.29, 1.82) is 0 Å². The summed E-state index contributed by atoms with van der Waals surface area (Å²) in [5, 5.41) is 11.6. The highest BCUT2D eigenvalue weighted by Crippen LogP contribution is 2.27. The molecule has 0 bridgehead atoms. The maximum atomic E-state index is 12.4. The molecule has 2 aromatic heterocycles. The van der Waals surface area contributed by atoms with Crippen molar-refractivity contribution in [3.63, 3.8) is 0 Å². The van der Waals surface area contributed by atoms with Gasteiger partial charge in [0.1, 0.15) is 11.4 Å². The number of amides is 1. The Labute approximate surface area is 171 Å². The molecule has 0 aliphatic carbocycles. The quantitative estimate of drug-likeness (QED) is 0.543. The van der Waals surface area contributed by atoms with Gasteiger partial charge in [-0.05, 0) is 38.1 Å². The lowest BCUT2D eigenvalue weighted by atomic mass is 10.1. The van der Waals surface area contributed by atoms with Gasteiger partial charge < -0.3 is 4.74 Å². The van der Waals surface area contributed by atoms with E-state index in [4.69, 9.17) is 4.74 Å². The lowest BCUT2D eigenvalue weighted by Crippen LogP contribution is -2.11. The Morgan fingerprint density at radius 3 is 2.62 bits per heavy atom. The third kappa shape index (κ3) is 3.72. The number of carbonyl (C=O) groups excluding carboxylic acids is 1. The molecule has 8 nitrogen and oxygen atoms in total. The summed E-state index contributed by atoms with van der Waals surface area (Å²) in [6, 6.07) is 14.9. The normalized spacial score (nSPS) is 10.7. The summed E-state index contributed by atoms with van der Waals surface area (Å²) in [7, 11) is 1.61. The SMILES string of the molecule is COc1ccccc1-n1nnc(-c2nsc(NC(=O)c3ccc(C)cc3)n2)c1C. The van der Waals surface area contributed by atoms with Gasteiger partial charge >= 0.3 is 0 Å². The number of aromatic nitrogens is 5. The predicted octanol–water partition coefficient (Wildman–Crippen LogP) is 3.66. The highest BCUT2D eigenvalue weighted by molar-refractivity contribution is 7.10. The number of nitrogens with one attached hydrogen (secondary N) is 1. The average Bonchev–Trinajstić information content (AvgIpc) is 3.34. The first-order valence-corrected chi connectivity index (χ1v) is 9.62. The van der Waals surface area contributed by atoms with Gasteiger partial charge in [-0.3, -0.25) is 10.1 Å². The molecule has 0 saturated carbocycles. The van der Waals surface area contributed by atoms with E-state index in [2.05, 4.69) is 25.0 Å². The maximum absolute atomic E-state index is 12.4. The Hall–Kier alpha value is -3.59. The van der Waals surface area contributed by atoms with E-state index in [0.717, 1.165) is 28.5 Å². The summed E-state index contributed by atoms with van der Waals surface area (Å²) in [5.74, 6) is 0.860. The molecule has 0 radical (unpaired) electrons. The number of hydrogen-bond acceptors (Lipinski definition) is 7. The largest absolute Gasteiger partial charge is 0.494 e. The second kappa shape index (κ2) is 7.80. The van der Waals surface area contributed by atoms with E-state index in [1.165, 1.54) is 0 Å². The minimum Gasteiger partial charge on any atom is -0.494 e. The van der Waals surface area contributed by atoms with Crippen molar-refractivity contribution >= 4 is 22.6 Å². The number of para-hydroxylation sites is 2. The zero-order valence-corrected chi connectivity index (χ0v) is 16.9. The monoisotopic (exact) mass is 406 g/mol. The van der Waals surface area contributed by atoms with Gasteiger partial charge in [0.25, 0.3) is 5.91 Å². The molecule has 2 aromatic carbocycles. The molecule has 1 amide bonds. The second-order valence-corrected chi connectivity index (χ2v) is 7.10. The van der Waals surface area contributed by atoms with E-state index in [0.29, 0.717) is 28.0 Å². The van der Waals surface area contributed by atoms with Crippen molar-refractivity contribution in [2.45, 2.75) is 13.8 Å². The first kappa shape index (κ1) is 18.8. The summed E-state index contributed by atoms with van der Waals surface area (Å²) in [6.07, 6.45) is 0. The van der Waals surface area contributed by atoms with Crippen LogP contribution >= 0.6 is 11.5 Å². The zero-order valence-electron chi connectivity index (χ0n) is 16.1. The van der Waals surface area contributed by atoms with E-state index in [1.807, 2.05) is 50.2 Å². The molecule has 0 fully saturated rings. The number of benzene rings is 2. The van der Waals surface area contributed by atoms with Crippen LogP contribution in [0.15, 0.2) is 48.5 Å².